The van der Waals surface area contributed by atoms with Gasteiger partial charge in [-0.1, -0.05) is 6.07 Å². The highest BCUT2D eigenvalue weighted by Gasteiger charge is 2.07. The summed E-state index contributed by atoms with van der Waals surface area (Å²) in [4.78, 5) is 11.8. The smallest absolute Gasteiger partial charge is 0.156 e. The Balaban J connectivity index is 2.37. The minimum Gasteiger partial charge on any atom is -0.339 e. The van der Waals surface area contributed by atoms with Crippen LogP contribution in [0.1, 0.15) is 24.4 Å². The maximum atomic E-state index is 5.74. The van der Waals surface area contributed by atoms with E-state index in [1.807, 2.05) is 32.0 Å². The number of pyridine rings is 1. The van der Waals surface area contributed by atoms with E-state index in [0.29, 0.717) is 0 Å². The number of nitrogens with zero attached hydrogens (tertiary/aromatic N) is 2. The summed E-state index contributed by atoms with van der Waals surface area (Å²) in [7, 11) is 0. The lowest BCUT2D eigenvalue weighted by molar-refractivity contribution is 0.789. The molecule has 1 atom stereocenters. The molecule has 0 radical (unpaired) electrons. The van der Waals surface area contributed by atoms with Crippen LogP contribution in [0.25, 0.3) is 11.5 Å². The highest BCUT2D eigenvalue weighted by atomic mass is 15.0. The zero-order valence-corrected chi connectivity index (χ0v) is 8.86. The van der Waals surface area contributed by atoms with Gasteiger partial charge >= 0.3 is 0 Å². The van der Waals surface area contributed by atoms with E-state index in [9.17, 15) is 0 Å². The Hall–Kier alpha value is -1.68. The van der Waals surface area contributed by atoms with Crippen molar-refractivity contribution < 1.29 is 0 Å². The lowest BCUT2D eigenvalue weighted by Crippen LogP contribution is -2.04. The van der Waals surface area contributed by atoms with Crippen molar-refractivity contribution in [2.24, 2.45) is 5.73 Å². The fraction of sp³-hybridized carbons (Fsp3) is 0.273. The number of H-pyrrole nitrogens is 1. The quantitative estimate of drug-likeness (QED) is 0.780. The van der Waals surface area contributed by atoms with Gasteiger partial charge in [-0.25, -0.2) is 9.97 Å². The zero-order valence-electron chi connectivity index (χ0n) is 8.86. The van der Waals surface area contributed by atoms with Crippen LogP contribution in [-0.2, 0) is 0 Å². The maximum Gasteiger partial charge on any atom is 0.156 e. The molecule has 0 spiro atoms. The van der Waals surface area contributed by atoms with Crippen LogP contribution in [0.15, 0.2) is 24.4 Å². The second-order valence-corrected chi connectivity index (χ2v) is 3.64. The van der Waals surface area contributed by atoms with E-state index in [4.69, 9.17) is 5.73 Å². The van der Waals surface area contributed by atoms with Gasteiger partial charge in [0, 0.05) is 11.7 Å². The van der Waals surface area contributed by atoms with Crippen LogP contribution in [0.5, 0.6) is 0 Å². The zero-order chi connectivity index (χ0) is 10.8. The standard InChI is InChI=1S/C11H14N4/c1-7-4-3-5-9(14-7)11-13-6-10(15-11)8(2)12/h3-6,8H,12H2,1-2H3,(H,13,15). The molecule has 0 fully saturated rings. The van der Waals surface area contributed by atoms with E-state index >= 15 is 0 Å². The predicted molar refractivity (Wildman–Crippen MR) is 59.2 cm³/mol. The Morgan fingerprint density at radius 3 is 2.80 bits per heavy atom. The number of aromatic amines is 1. The number of imidazole rings is 1. The van der Waals surface area contributed by atoms with Crippen molar-refractivity contribution in [3.8, 4) is 11.5 Å². The first-order chi connectivity index (χ1) is 7.16. The largest absolute Gasteiger partial charge is 0.339 e. The molecule has 4 heteroatoms. The summed E-state index contributed by atoms with van der Waals surface area (Å²) in [6.07, 6.45) is 1.75. The molecular formula is C11H14N4. The molecule has 2 aromatic heterocycles. The summed E-state index contributed by atoms with van der Waals surface area (Å²) >= 11 is 0. The molecule has 2 aromatic rings. The number of nitrogens with two attached hydrogens (primary N) is 1. The van der Waals surface area contributed by atoms with Crippen LogP contribution in [-0.4, -0.2) is 15.0 Å². The summed E-state index contributed by atoms with van der Waals surface area (Å²) in [5.74, 6) is 0.769. The molecule has 0 aromatic carbocycles. The minimum atomic E-state index is -0.0314. The third-order valence-corrected chi connectivity index (χ3v) is 2.22. The van der Waals surface area contributed by atoms with Crippen molar-refractivity contribution in [2.75, 3.05) is 0 Å². The molecule has 0 aliphatic carbocycles. The molecule has 4 nitrogen and oxygen atoms in total. The lowest BCUT2D eigenvalue weighted by atomic mass is 10.3. The predicted octanol–water partition coefficient (Wildman–Crippen LogP) is 1.80. The van der Waals surface area contributed by atoms with Gasteiger partial charge in [-0.05, 0) is 26.0 Å². The third-order valence-electron chi connectivity index (χ3n) is 2.22. The summed E-state index contributed by atoms with van der Waals surface area (Å²) in [5.41, 5.74) is 8.49. The van der Waals surface area contributed by atoms with E-state index in [1.165, 1.54) is 0 Å². The summed E-state index contributed by atoms with van der Waals surface area (Å²) < 4.78 is 0. The van der Waals surface area contributed by atoms with Crippen LogP contribution < -0.4 is 5.73 Å². The van der Waals surface area contributed by atoms with Crippen molar-refractivity contribution in [2.45, 2.75) is 19.9 Å². The second kappa shape index (κ2) is 3.82. The van der Waals surface area contributed by atoms with Gasteiger partial charge in [-0.3, -0.25) is 0 Å². The molecule has 0 aliphatic rings. The van der Waals surface area contributed by atoms with E-state index in [0.717, 1.165) is 22.9 Å². The van der Waals surface area contributed by atoms with Gasteiger partial charge < -0.3 is 10.7 Å². The Morgan fingerprint density at radius 1 is 1.40 bits per heavy atom. The average Bonchev–Trinajstić information content (AvgIpc) is 2.66. The van der Waals surface area contributed by atoms with Gasteiger partial charge in [0.15, 0.2) is 5.82 Å². The van der Waals surface area contributed by atoms with Crippen LogP contribution in [0.4, 0.5) is 0 Å². The Bertz CT molecular complexity index is 459. The summed E-state index contributed by atoms with van der Waals surface area (Å²) in [6, 6.07) is 5.82. The monoisotopic (exact) mass is 202 g/mol. The van der Waals surface area contributed by atoms with Crippen molar-refractivity contribution in [3.63, 3.8) is 0 Å². The van der Waals surface area contributed by atoms with Gasteiger partial charge in [0.2, 0.25) is 0 Å². The van der Waals surface area contributed by atoms with Crippen molar-refractivity contribution >= 4 is 0 Å². The maximum absolute atomic E-state index is 5.74. The molecule has 2 rings (SSSR count). The highest BCUT2D eigenvalue weighted by Crippen LogP contribution is 2.15. The SMILES string of the molecule is Cc1cccc(-c2ncc(C(C)N)[nH]2)n1. The van der Waals surface area contributed by atoms with Crippen molar-refractivity contribution in [3.05, 3.63) is 35.8 Å². The molecule has 3 N–H and O–H groups in total. The Labute approximate surface area is 88.6 Å². The van der Waals surface area contributed by atoms with Gasteiger partial charge in [-0.2, -0.15) is 0 Å². The Kier molecular flexibility index (Phi) is 2.51. The fourth-order valence-corrected chi connectivity index (χ4v) is 1.37. The number of aromatic nitrogens is 3. The number of hydrogen-bond acceptors (Lipinski definition) is 3. The van der Waals surface area contributed by atoms with Crippen LogP contribution in [0.2, 0.25) is 0 Å². The van der Waals surface area contributed by atoms with E-state index in [-0.39, 0.29) is 6.04 Å². The molecule has 0 saturated heterocycles. The van der Waals surface area contributed by atoms with E-state index in [2.05, 4.69) is 15.0 Å². The minimum absolute atomic E-state index is 0.0314. The van der Waals surface area contributed by atoms with Gasteiger partial charge in [0.05, 0.1) is 11.9 Å². The molecule has 15 heavy (non-hydrogen) atoms. The molecule has 2 heterocycles. The number of nitrogens with one attached hydrogen (secondary N) is 1. The van der Waals surface area contributed by atoms with E-state index in [1.54, 1.807) is 6.20 Å². The third kappa shape index (κ3) is 2.05. The fourth-order valence-electron chi connectivity index (χ4n) is 1.37. The van der Waals surface area contributed by atoms with Crippen LogP contribution in [0, 0.1) is 6.92 Å². The summed E-state index contributed by atoms with van der Waals surface area (Å²) in [5, 5.41) is 0. The molecule has 0 amide bonds. The first-order valence-electron chi connectivity index (χ1n) is 4.91. The normalized spacial score (nSPS) is 12.7. The molecular weight excluding hydrogens is 188 g/mol. The number of aryl methyl sites for hydroxylation is 1. The van der Waals surface area contributed by atoms with Crippen LogP contribution in [0.3, 0.4) is 0 Å². The molecule has 0 aliphatic heterocycles. The highest BCUT2D eigenvalue weighted by molar-refractivity contribution is 5.49. The number of hydrogen-bond donors (Lipinski definition) is 2. The average molecular weight is 202 g/mol. The molecule has 0 bridgehead atoms. The van der Waals surface area contributed by atoms with E-state index < -0.39 is 0 Å². The van der Waals surface area contributed by atoms with Gasteiger partial charge in [0.25, 0.3) is 0 Å². The van der Waals surface area contributed by atoms with Crippen molar-refractivity contribution in [1.29, 1.82) is 0 Å². The first-order valence-corrected chi connectivity index (χ1v) is 4.91. The van der Waals surface area contributed by atoms with Crippen molar-refractivity contribution in [1.82, 2.24) is 15.0 Å². The van der Waals surface area contributed by atoms with Crippen LogP contribution >= 0.6 is 0 Å². The first kappa shape index (κ1) is 9.86. The van der Waals surface area contributed by atoms with Gasteiger partial charge in [-0.15, -0.1) is 0 Å². The topological polar surface area (TPSA) is 67.6 Å². The molecule has 78 valence electrons. The Morgan fingerprint density at radius 2 is 2.20 bits per heavy atom. The molecule has 1 unspecified atom stereocenters. The number of rotatable bonds is 2. The molecule has 0 saturated carbocycles. The summed E-state index contributed by atoms with van der Waals surface area (Å²) in [6.45, 7) is 3.87. The second-order valence-electron chi connectivity index (χ2n) is 3.64. The lowest BCUT2D eigenvalue weighted by Gasteiger charge is -2.00. The van der Waals surface area contributed by atoms with Gasteiger partial charge in [0.1, 0.15) is 5.69 Å².